The number of nitrogens with two attached hydrogens (primary N) is 1. The molecule has 0 aromatic rings. The molecule has 4 N–H and O–H groups in total. The minimum atomic E-state index is -0.843. The smallest absolute Gasteiger partial charge is 0.317 e. The van der Waals surface area contributed by atoms with Crippen LogP contribution in [-0.2, 0) is 9.59 Å². The molecule has 3 amide bonds. The van der Waals surface area contributed by atoms with E-state index in [0.29, 0.717) is 25.9 Å². The number of nitrogens with zero attached hydrogens (tertiary/aromatic N) is 1. The number of carbonyl (C=O) groups is 3. The van der Waals surface area contributed by atoms with Gasteiger partial charge in [0.2, 0.25) is 5.91 Å². The summed E-state index contributed by atoms with van der Waals surface area (Å²) in [6.07, 6.45) is 2.92. The Kier molecular flexibility index (Phi) is 9.20. The highest BCUT2D eigenvalue weighted by atomic mass is 16.4. The van der Waals surface area contributed by atoms with Gasteiger partial charge in [-0.05, 0) is 19.3 Å². The molecule has 7 nitrogen and oxygen atoms in total. The Balaban J connectivity index is 3.95. The third-order valence-corrected chi connectivity index (χ3v) is 2.51. The van der Waals surface area contributed by atoms with Crippen molar-refractivity contribution < 1.29 is 19.5 Å². The average molecular weight is 273 g/mol. The zero-order chi connectivity index (χ0) is 14.7. The third-order valence-electron chi connectivity index (χ3n) is 2.51. The van der Waals surface area contributed by atoms with Gasteiger partial charge in [-0.2, -0.15) is 0 Å². The molecule has 0 aromatic heterocycles. The van der Waals surface area contributed by atoms with Crippen LogP contribution in [0.4, 0.5) is 4.79 Å². The molecule has 0 aliphatic heterocycles. The van der Waals surface area contributed by atoms with E-state index in [2.05, 4.69) is 5.32 Å². The fourth-order valence-electron chi connectivity index (χ4n) is 1.50. The van der Waals surface area contributed by atoms with Crippen LogP contribution in [0, 0.1) is 0 Å². The number of carboxylic acids is 1. The van der Waals surface area contributed by atoms with E-state index in [1.807, 2.05) is 6.92 Å². The van der Waals surface area contributed by atoms with Crippen molar-refractivity contribution >= 4 is 17.9 Å². The van der Waals surface area contributed by atoms with Gasteiger partial charge in [0.05, 0.1) is 0 Å². The van der Waals surface area contributed by atoms with E-state index in [0.717, 1.165) is 12.8 Å². The largest absolute Gasteiger partial charge is 0.481 e. The molecule has 0 saturated heterocycles. The van der Waals surface area contributed by atoms with Crippen molar-refractivity contribution in [2.24, 2.45) is 5.73 Å². The van der Waals surface area contributed by atoms with Gasteiger partial charge >= 0.3 is 12.0 Å². The van der Waals surface area contributed by atoms with Gasteiger partial charge in [0.25, 0.3) is 0 Å². The molecular formula is C12H23N3O4. The second-order valence-electron chi connectivity index (χ2n) is 4.32. The van der Waals surface area contributed by atoms with Gasteiger partial charge in [0.1, 0.15) is 6.54 Å². The number of unbranched alkanes of at least 4 members (excludes halogenated alkanes) is 2. The van der Waals surface area contributed by atoms with Crippen molar-refractivity contribution in [2.45, 2.75) is 39.0 Å². The molecule has 0 spiro atoms. The van der Waals surface area contributed by atoms with Gasteiger partial charge in [0, 0.05) is 19.5 Å². The van der Waals surface area contributed by atoms with Crippen molar-refractivity contribution in [3.8, 4) is 0 Å². The highest BCUT2D eigenvalue weighted by Gasteiger charge is 2.14. The van der Waals surface area contributed by atoms with E-state index in [-0.39, 0.29) is 19.0 Å². The van der Waals surface area contributed by atoms with Crippen LogP contribution in [0.2, 0.25) is 0 Å². The van der Waals surface area contributed by atoms with E-state index in [9.17, 15) is 14.4 Å². The average Bonchev–Trinajstić information content (AvgIpc) is 2.32. The number of carboxylic acid groups (broad SMARTS) is 1. The number of carbonyl (C=O) groups excluding carboxylic acids is 2. The van der Waals surface area contributed by atoms with Gasteiger partial charge in [-0.25, -0.2) is 4.79 Å². The molecule has 0 aliphatic carbocycles. The van der Waals surface area contributed by atoms with Crippen LogP contribution < -0.4 is 11.1 Å². The highest BCUT2D eigenvalue weighted by molar-refractivity contribution is 5.82. The Morgan fingerprint density at radius 2 is 1.89 bits per heavy atom. The summed E-state index contributed by atoms with van der Waals surface area (Å²) in [5.74, 6) is -1.39. The van der Waals surface area contributed by atoms with E-state index in [1.165, 1.54) is 4.90 Å². The van der Waals surface area contributed by atoms with Gasteiger partial charge in [0.15, 0.2) is 0 Å². The summed E-state index contributed by atoms with van der Waals surface area (Å²) in [5, 5.41) is 11.1. The molecule has 0 aliphatic rings. The Labute approximate surface area is 113 Å². The lowest BCUT2D eigenvalue weighted by molar-refractivity contribution is -0.137. The number of hydrogen-bond acceptors (Lipinski definition) is 3. The number of urea groups is 1. The van der Waals surface area contributed by atoms with Gasteiger partial charge in [-0.15, -0.1) is 0 Å². The lowest BCUT2D eigenvalue weighted by Gasteiger charge is -2.21. The molecule has 0 saturated carbocycles. The van der Waals surface area contributed by atoms with Crippen LogP contribution in [-0.4, -0.2) is 47.5 Å². The van der Waals surface area contributed by atoms with Crippen molar-refractivity contribution in [1.29, 1.82) is 0 Å². The summed E-state index contributed by atoms with van der Waals surface area (Å²) in [6, 6.07) is -0.331. The van der Waals surface area contributed by atoms with Crippen LogP contribution in [0.3, 0.4) is 0 Å². The summed E-state index contributed by atoms with van der Waals surface area (Å²) in [5.41, 5.74) is 5.09. The quantitative estimate of drug-likeness (QED) is 0.504. The second kappa shape index (κ2) is 10.2. The van der Waals surface area contributed by atoms with Crippen molar-refractivity contribution in [1.82, 2.24) is 10.2 Å². The molecule has 0 atom stereocenters. The number of rotatable bonds is 10. The number of aliphatic carboxylic acids is 1. The molecule has 0 rings (SSSR count). The zero-order valence-electron chi connectivity index (χ0n) is 11.4. The van der Waals surface area contributed by atoms with Crippen LogP contribution >= 0.6 is 0 Å². The maximum Gasteiger partial charge on any atom is 0.317 e. The maximum atomic E-state index is 11.8. The summed E-state index contributed by atoms with van der Waals surface area (Å²) in [7, 11) is 0. The van der Waals surface area contributed by atoms with E-state index >= 15 is 0 Å². The molecule has 19 heavy (non-hydrogen) atoms. The van der Waals surface area contributed by atoms with E-state index < -0.39 is 11.9 Å². The molecule has 0 heterocycles. The van der Waals surface area contributed by atoms with Crippen molar-refractivity contribution in [3.63, 3.8) is 0 Å². The van der Waals surface area contributed by atoms with Crippen LogP contribution in [0.25, 0.3) is 0 Å². The van der Waals surface area contributed by atoms with E-state index in [1.54, 1.807) is 0 Å². The number of amides is 3. The second-order valence-corrected chi connectivity index (χ2v) is 4.32. The predicted octanol–water partition coefficient (Wildman–Crippen LogP) is 0.538. The van der Waals surface area contributed by atoms with Crippen molar-refractivity contribution in [2.75, 3.05) is 19.6 Å². The minimum absolute atomic E-state index is 0.0940. The molecule has 0 bridgehead atoms. The summed E-state index contributed by atoms with van der Waals surface area (Å²) >= 11 is 0. The first-order valence-electron chi connectivity index (χ1n) is 6.50. The van der Waals surface area contributed by atoms with Gasteiger partial charge in [-0.1, -0.05) is 13.3 Å². The van der Waals surface area contributed by atoms with Gasteiger partial charge < -0.3 is 21.1 Å². The standard InChI is InChI=1S/C12H23N3O4/c1-2-3-8-15(9-10(13)16)12(19)14-7-5-4-6-11(17)18/h2-9H2,1H3,(H2,13,16)(H,14,19)(H,17,18). The van der Waals surface area contributed by atoms with Crippen LogP contribution in [0.15, 0.2) is 0 Å². The van der Waals surface area contributed by atoms with E-state index in [4.69, 9.17) is 10.8 Å². The number of hydrogen-bond donors (Lipinski definition) is 3. The fraction of sp³-hybridized carbons (Fsp3) is 0.750. The Morgan fingerprint density at radius 3 is 2.42 bits per heavy atom. The Hall–Kier alpha value is -1.79. The maximum absolute atomic E-state index is 11.8. The summed E-state index contributed by atoms with van der Waals surface area (Å²) in [6.45, 7) is 2.78. The number of primary amides is 1. The molecule has 110 valence electrons. The minimum Gasteiger partial charge on any atom is -0.481 e. The Morgan fingerprint density at radius 1 is 1.21 bits per heavy atom. The molecule has 0 unspecified atom stereocenters. The predicted molar refractivity (Wildman–Crippen MR) is 70.6 cm³/mol. The van der Waals surface area contributed by atoms with Gasteiger partial charge in [-0.3, -0.25) is 9.59 Å². The van der Waals surface area contributed by atoms with Crippen molar-refractivity contribution in [3.05, 3.63) is 0 Å². The zero-order valence-corrected chi connectivity index (χ0v) is 11.4. The first kappa shape index (κ1) is 17.2. The molecule has 0 radical (unpaired) electrons. The van der Waals surface area contributed by atoms with Crippen LogP contribution in [0.5, 0.6) is 0 Å². The summed E-state index contributed by atoms with van der Waals surface area (Å²) < 4.78 is 0. The third kappa shape index (κ3) is 9.87. The first-order valence-corrected chi connectivity index (χ1v) is 6.50. The molecule has 7 heteroatoms. The Bertz CT molecular complexity index is 307. The highest BCUT2D eigenvalue weighted by Crippen LogP contribution is 1.97. The monoisotopic (exact) mass is 273 g/mol. The lowest BCUT2D eigenvalue weighted by Crippen LogP contribution is -2.45. The topological polar surface area (TPSA) is 113 Å². The molecular weight excluding hydrogens is 250 g/mol. The number of nitrogens with one attached hydrogen (secondary N) is 1. The van der Waals surface area contributed by atoms with Crippen LogP contribution in [0.1, 0.15) is 39.0 Å². The SMILES string of the molecule is CCCCN(CC(N)=O)C(=O)NCCCCC(=O)O. The lowest BCUT2D eigenvalue weighted by atomic mass is 10.2. The summed E-state index contributed by atoms with van der Waals surface area (Å²) in [4.78, 5) is 34.3. The molecule has 0 fully saturated rings. The first-order chi connectivity index (χ1) is 8.97. The normalized spacial score (nSPS) is 9.95. The fourth-order valence-corrected chi connectivity index (χ4v) is 1.50. The molecule has 0 aromatic carbocycles.